The van der Waals surface area contributed by atoms with Crippen molar-refractivity contribution in [2.24, 2.45) is 0 Å². The first-order valence-electron chi connectivity index (χ1n) is 9.35. The zero-order valence-electron chi connectivity index (χ0n) is 16.0. The summed E-state index contributed by atoms with van der Waals surface area (Å²) in [6.07, 6.45) is 1.73. The van der Waals surface area contributed by atoms with Gasteiger partial charge in [-0.2, -0.15) is 0 Å². The van der Waals surface area contributed by atoms with E-state index in [9.17, 15) is 9.59 Å². The van der Waals surface area contributed by atoms with Gasteiger partial charge in [0, 0.05) is 5.02 Å². The number of ether oxygens (including phenoxy) is 1. The zero-order valence-corrected chi connectivity index (χ0v) is 17.5. The van der Waals surface area contributed by atoms with Crippen molar-refractivity contribution in [1.82, 2.24) is 4.90 Å². The highest BCUT2D eigenvalue weighted by atomic mass is 35.5. The lowest BCUT2D eigenvalue weighted by atomic mass is 10.2. The number of thioether (sulfide) groups is 1. The van der Waals surface area contributed by atoms with Gasteiger partial charge in [-0.05, 0) is 58.8 Å². The molecule has 6 heteroatoms. The molecular formula is C24H18ClNO3S. The Bertz CT molecular complexity index is 1100. The minimum absolute atomic E-state index is 0.203. The van der Waals surface area contributed by atoms with Crippen LogP contribution in [0.2, 0.25) is 5.02 Å². The van der Waals surface area contributed by atoms with Crippen molar-refractivity contribution in [1.29, 1.82) is 0 Å². The molecule has 1 aliphatic rings. The van der Waals surface area contributed by atoms with Gasteiger partial charge in [0.25, 0.3) is 11.1 Å². The predicted molar refractivity (Wildman–Crippen MR) is 120 cm³/mol. The molecule has 30 heavy (non-hydrogen) atoms. The summed E-state index contributed by atoms with van der Waals surface area (Å²) in [4.78, 5) is 26.7. The maximum Gasteiger partial charge on any atom is 0.293 e. The average molecular weight is 436 g/mol. The standard InChI is InChI=1S/C24H18ClNO3S/c25-20-8-4-7-19(13-20)15-26-23(27)22(30-24(26)28)14-17-9-11-21(12-10-17)29-16-18-5-2-1-3-6-18/h1-14H,15-16H2/b22-14-. The molecule has 1 saturated heterocycles. The Morgan fingerprint density at radius 3 is 2.37 bits per heavy atom. The average Bonchev–Trinajstić information content (AvgIpc) is 3.01. The van der Waals surface area contributed by atoms with E-state index in [4.69, 9.17) is 16.3 Å². The quantitative estimate of drug-likeness (QED) is 0.435. The van der Waals surface area contributed by atoms with Gasteiger partial charge in [-0.15, -0.1) is 0 Å². The summed E-state index contributed by atoms with van der Waals surface area (Å²) in [6, 6.07) is 24.5. The molecule has 2 amide bonds. The molecule has 0 aromatic heterocycles. The Kier molecular flexibility index (Phi) is 6.21. The molecule has 1 fully saturated rings. The van der Waals surface area contributed by atoms with Gasteiger partial charge < -0.3 is 4.74 Å². The van der Waals surface area contributed by atoms with Crippen LogP contribution < -0.4 is 4.74 Å². The number of halogens is 1. The number of carbonyl (C=O) groups is 2. The van der Waals surface area contributed by atoms with E-state index in [2.05, 4.69) is 0 Å². The van der Waals surface area contributed by atoms with Gasteiger partial charge in [0.2, 0.25) is 0 Å². The van der Waals surface area contributed by atoms with Crippen LogP contribution in [0, 0.1) is 0 Å². The molecule has 3 aromatic carbocycles. The van der Waals surface area contributed by atoms with Crippen LogP contribution >= 0.6 is 23.4 Å². The minimum Gasteiger partial charge on any atom is -0.489 e. The second-order valence-electron chi connectivity index (χ2n) is 6.74. The summed E-state index contributed by atoms with van der Waals surface area (Å²) in [5.41, 5.74) is 2.73. The third kappa shape index (κ3) is 4.93. The molecule has 0 aliphatic carbocycles. The third-order valence-corrected chi connectivity index (χ3v) is 5.67. The maximum atomic E-state index is 12.7. The van der Waals surface area contributed by atoms with Crippen LogP contribution in [-0.4, -0.2) is 16.0 Å². The fraction of sp³-hybridized carbons (Fsp3) is 0.0833. The number of carbonyl (C=O) groups excluding carboxylic acids is 2. The minimum atomic E-state index is -0.297. The number of benzene rings is 3. The van der Waals surface area contributed by atoms with Crippen molar-refractivity contribution in [3.8, 4) is 5.75 Å². The molecule has 0 N–H and O–H groups in total. The molecule has 0 unspecified atom stereocenters. The van der Waals surface area contributed by atoms with E-state index in [1.807, 2.05) is 60.7 Å². The third-order valence-electron chi connectivity index (χ3n) is 4.53. The highest BCUT2D eigenvalue weighted by Gasteiger charge is 2.34. The van der Waals surface area contributed by atoms with Crippen molar-refractivity contribution in [2.45, 2.75) is 13.2 Å². The summed E-state index contributed by atoms with van der Waals surface area (Å²) < 4.78 is 5.78. The molecule has 0 atom stereocenters. The topological polar surface area (TPSA) is 46.6 Å². The Balaban J connectivity index is 1.41. The maximum absolute atomic E-state index is 12.7. The first-order valence-corrected chi connectivity index (χ1v) is 10.5. The van der Waals surface area contributed by atoms with Crippen LogP contribution in [0.3, 0.4) is 0 Å². The molecule has 0 saturated carbocycles. The molecule has 0 bridgehead atoms. The van der Waals surface area contributed by atoms with E-state index in [0.717, 1.165) is 34.2 Å². The lowest BCUT2D eigenvalue weighted by molar-refractivity contribution is -0.123. The van der Waals surface area contributed by atoms with E-state index < -0.39 is 0 Å². The highest BCUT2D eigenvalue weighted by molar-refractivity contribution is 8.18. The Labute approximate surface area is 184 Å². The van der Waals surface area contributed by atoms with Crippen LogP contribution in [0.4, 0.5) is 4.79 Å². The van der Waals surface area contributed by atoms with Crippen molar-refractivity contribution >= 4 is 40.6 Å². The monoisotopic (exact) mass is 435 g/mol. The summed E-state index contributed by atoms with van der Waals surface area (Å²) in [5.74, 6) is 0.444. The van der Waals surface area contributed by atoms with Gasteiger partial charge >= 0.3 is 0 Å². The largest absolute Gasteiger partial charge is 0.489 e. The number of rotatable bonds is 6. The van der Waals surface area contributed by atoms with Crippen LogP contribution in [0.15, 0.2) is 83.8 Å². The van der Waals surface area contributed by atoms with Gasteiger partial charge in [-0.3, -0.25) is 14.5 Å². The molecule has 1 aliphatic heterocycles. The van der Waals surface area contributed by atoms with Crippen molar-refractivity contribution in [2.75, 3.05) is 0 Å². The van der Waals surface area contributed by atoms with Crippen LogP contribution in [-0.2, 0) is 17.9 Å². The lowest BCUT2D eigenvalue weighted by Crippen LogP contribution is -2.27. The van der Waals surface area contributed by atoms with Gasteiger partial charge in [-0.25, -0.2) is 0 Å². The first kappa shape index (κ1) is 20.3. The van der Waals surface area contributed by atoms with Crippen molar-refractivity contribution in [3.05, 3.63) is 105 Å². The number of nitrogens with zero attached hydrogens (tertiary/aromatic N) is 1. The molecule has 0 radical (unpaired) electrons. The van der Waals surface area contributed by atoms with Gasteiger partial charge in [0.15, 0.2) is 0 Å². The van der Waals surface area contributed by atoms with Crippen molar-refractivity contribution < 1.29 is 14.3 Å². The van der Waals surface area contributed by atoms with Crippen molar-refractivity contribution in [3.63, 3.8) is 0 Å². The number of hydrogen-bond donors (Lipinski definition) is 0. The lowest BCUT2D eigenvalue weighted by Gasteiger charge is -2.12. The van der Waals surface area contributed by atoms with E-state index in [-0.39, 0.29) is 17.7 Å². The number of amides is 2. The Hall–Kier alpha value is -3.02. The molecule has 1 heterocycles. The van der Waals surface area contributed by atoms with Gasteiger partial charge in [0.1, 0.15) is 12.4 Å². The SMILES string of the molecule is O=C1S/C(=C\c2ccc(OCc3ccccc3)cc2)C(=O)N1Cc1cccc(Cl)c1. The normalized spacial score (nSPS) is 15.1. The summed E-state index contributed by atoms with van der Waals surface area (Å²) in [6.45, 7) is 0.692. The van der Waals surface area contributed by atoms with Gasteiger partial charge in [0.05, 0.1) is 11.4 Å². The van der Waals surface area contributed by atoms with E-state index in [0.29, 0.717) is 16.5 Å². The molecular weight excluding hydrogens is 418 g/mol. The zero-order chi connectivity index (χ0) is 20.9. The van der Waals surface area contributed by atoms with E-state index in [1.54, 1.807) is 24.3 Å². The second-order valence-corrected chi connectivity index (χ2v) is 8.17. The second kappa shape index (κ2) is 9.20. The first-order chi connectivity index (χ1) is 14.6. The summed E-state index contributed by atoms with van der Waals surface area (Å²) >= 11 is 6.94. The Morgan fingerprint density at radius 2 is 1.63 bits per heavy atom. The van der Waals surface area contributed by atoms with Gasteiger partial charge in [-0.1, -0.05) is 66.2 Å². The smallest absolute Gasteiger partial charge is 0.293 e. The number of imide groups is 1. The number of hydrogen-bond acceptors (Lipinski definition) is 4. The van der Waals surface area contributed by atoms with Crippen LogP contribution in [0.5, 0.6) is 5.75 Å². The molecule has 0 spiro atoms. The predicted octanol–water partition coefficient (Wildman–Crippen LogP) is 6.16. The summed E-state index contributed by atoms with van der Waals surface area (Å²) in [7, 11) is 0. The Morgan fingerprint density at radius 1 is 0.900 bits per heavy atom. The van der Waals surface area contributed by atoms with Crippen LogP contribution in [0.1, 0.15) is 16.7 Å². The highest BCUT2D eigenvalue weighted by Crippen LogP contribution is 2.33. The van der Waals surface area contributed by atoms with E-state index in [1.165, 1.54) is 4.90 Å². The van der Waals surface area contributed by atoms with E-state index >= 15 is 0 Å². The fourth-order valence-electron chi connectivity index (χ4n) is 3.01. The molecule has 4 rings (SSSR count). The fourth-order valence-corrected chi connectivity index (χ4v) is 4.06. The molecule has 4 nitrogen and oxygen atoms in total. The summed E-state index contributed by atoms with van der Waals surface area (Å²) in [5, 5.41) is 0.290. The molecule has 3 aromatic rings. The van der Waals surface area contributed by atoms with Crippen LogP contribution in [0.25, 0.3) is 6.08 Å². The molecule has 150 valence electrons.